The second-order valence-corrected chi connectivity index (χ2v) is 4.49. The number of nitrogens with zero attached hydrogens (tertiary/aromatic N) is 3. The third-order valence-electron chi connectivity index (χ3n) is 2.96. The Kier molecular flexibility index (Phi) is 3.06. The first-order valence-corrected chi connectivity index (χ1v) is 6.12. The molecule has 0 fully saturated rings. The van der Waals surface area contributed by atoms with Gasteiger partial charge in [-0.3, -0.25) is 0 Å². The van der Waals surface area contributed by atoms with E-state index in [1.54, 1.807) is 16.9 Å². The maximum absolute atomic E-state index is 13.1. The Morgan fingerprint density at radius 1 is 1.20 bits per heavy atom. The molecule has 4 nitrogen and oxygen atoms in total. The summed E-state index contributed by atoms with van der Waals surface area (Å²) in [4.78, 5) is 4.24. The van der Waals surface area contributed by atoms with Gasteiger partial charge in [0, 0.05) is 18.9 Å². The van der Waals surface area contributed by atoms with Crippen LogP contribution < -0.4 is 5.32 Å². The number of hydrogen-bond donors (Lipinski definition) is 1. The maximum atomic E-state index is 13.1. The van der Waals surface area contributed by atoms with Gasteiger partial charge >= 0.3 is 0 Å². The maximum Gasteiger partial charge on any atom is 0.159 e. The van der Waals surface area contributed by atoms with Crippen LogP contribution in [0.25, 0.3) is 5.52 Å². The van der Waals surface area contributed by atoms with Crippen molar-refractivity contribution in [2.45, 2.75) is 13.5 Å². The SMILES string of the molecule is Cc1cc2c(NCc3ccc(F)c(F)c3)nccn2n1. The van der Waals surface area contributed by atoms with Crippen LogP contribution in [0.4, 0.5) is 14.6 Å². The number of nitrogens with one attached hydrogen (secondary N) is 1. The van der Waals surface area contributed by atoms with Crippen molar-refractivity contribution in [1.29, 1.82) is 0 Å². The molecule has 0 amide bonds. The molecular formula is C14H12F2N4. The minimum absolute atomic E-state index is 0.355. The molecule has 0 atom stereocenters. The molecule has 3 aromatic rings. The third-order valence-corrected chi connectivity index (χ3v) is 2.96. The topological polar surface area (TPSA) is 42.2 Å². The zero-order valence-corrected chi connectivity index (χ0v) is 10.8. The lowest BCUT2D eigenvalue weighted by molar-refractivity contribution is 0.507. The number of anilines is 1. The van der Waals surface area contributed by atoms with Crippen LogP contribution in [0.5, 0.6) is 0 Å². The summed E-state index contributed by atoms with van der Waals surface area (Å²) in [6.45, 7) is 2.25. The van der Waals surface area contributed by atoms with Gasteiger partial charge < -0.3 is 5.32 Å². The number of halogens is 2. The Morgan fingerprint density at radius 2 is 2.05 bits per heavy atom. The zero-order chi connectivity index (χ0) is 14.1. The molecule has 1 aromatic carbocycles. The standard InChI is InChI=1S/C14H12F2N4/c1-9-6-13-14(17-4-5-20(13)19-9)18-8-10-2-3-11(15)12(16)7-10/h2-7H,8H2,1H3,(H,17,18). The van der Waals surface area contributed by atoms with E-state index in [1.807, 2.05) is 13.0 Å². The number of aromatic nitrogens is 3. The summed E-state index contributed by atoms with van der Waals surface area (Å²) in [7, 11) is 0. The van der Waals surface area contributed by atoms with Crippen molar-refractivity contribution in [3.63, 3.8) is 0 Å². The second kappa shape index (κ2) is 4.88. The van der Waals surface area contributed by atoms with Crippen molar-refractivity contribution in [2.75, 3.05) is 5.32 Å². The molecule has 2 heterocycles. The average Bonchev–Trinajstić information content (AvgIpc) is 2.81. The fraction of sp³-hybridized carbons (Fsp3) is 0.143. The quantitative estimate of drug-likeness (QED) is 0.798. The van der Waals surface area contributed by atoms with Crippen LogP contribution >= 0.6 is 0 Å². The Balaban J connectivity index is 1.84. The molecule has 0 spiro atoms. The van der Waals surface area contributed by atoms with Crippen LogP contribution in [0.1, 0.15) is 11.3 Å². The van der Waals surface area contributed by atoms with Gasteiger partial charge in [0.1, 0.15) is 5.52 Å². The molecule has 20 heavy (non-hydrogen) atoms. The van der Waals surface area contributed by atoms with Crippen molar-refractivity contribution in [3.05, 3.63) is 59.6 Å². The molecule has 6 heteroatoms. The van der Waals surface area contributed by atoms with Gasteiger partial charge in [0.25, 0.3) is 0 Å². The van der Waals surface area contributed by atoms with Crippen LogP contribution in [-0.2, 0) is 6.54 Å². The van der Waals surface area contributed by atoms with Gasteiger partial charge in [-0.25, -0.2) is 18.3 Å². The van der Waals surface area contributed by atoms with Crippen molar-refractivity contribution in [3.8, 4) is 0 Å². The highest BCUT2D eigenvalue weighted by Gasteiger charge is 2.06. The molecule has 0 saturated carbocycles. The first kappa shape index (κ1) is 12.5. The van der Waals surface area contributed by atoms with Gasteiger partial charge in [-0.2, -0.15) is 5.10 Å². The van der Waals surface area contributed by atoms with Gasteiger partial charge in [0.15, 0.2) is 17.5 Å². The molecule has 0 aliphatic rings. The molecule has 0 radical (unpaired) electrons. The summed E-state index contributed by atoms with van der Waals surface area (Å²) in [5.74, 6) is -1.05. The lowest BCUT2D eigenvalue weighted by Gasteiger charge is -2.07. The van der Waals surface area contributed by atoms with Crippen LogP contribution in [0, 0.1) is 18.6 Å². The first-order chi connectivity index (χ1) is 9.63. The molecular weight excluding hydrogens is 262 g/mol. The summed E-state index contributed by atoms with van der Waals surface area (Å²) < 4.78 is 27.7. The molecule has 0 aliphatic heterocycles. The number of aryl methyl sites for hydroxylation is 1. The molecule has 0 bridgehead atoms. The van der Waals surface area contributed by atoms with Crippen molar-refractivity contribution < 1.29 is 8.78 Å². The van der Waals surface area contributed by atoms with Crippen molar-refractivity contribution >= 4 is 11.3 Å². The average molecular weight is 274 g/mol. The van der Waals surface area contributed by atoms with E-state index >= 15 is 0 Å². The second-order valence-electron chi connectivity index (χ2n) is 4.49. The lowest BCUT2D eigenvalue weighted by atomic mass is 10.2. The van der Waals surface area contributed by atoms with Gasteiger partial charge in [0.2, 0.25) is 0 Å². The van der Waals surface area contributed by atoms with E-state index in [2.05, 4.69) is 15.4 Å². The Hall–Kier alpha value is -2.50. The largest absolute Gasteiger partial charge is 0.364 e. The van der Waals surface area contributed by atoms with E-state index in [-0.39, 0.29) is 0 Å². The lowest BCUT2D eigenvalue weighted by Crippen LogP contribution is -2.04. The van der Waals surface area contributed by atoms with Crippen LogP contribution in [0.3, 0.4) is 0 Å². The smallest absolute Gasteiger partial charge is 0.159 e. The van der Waals surface area contributed by atoms with Crippen molar-refractivity contribution in [2.24, 2.45) is 0 Å². The first-order valence-electron chi connectivity index (χ1n) is 6.12. The van der Waals surface area contributed by atoms with E-state index in [0.717, 1.165) is 17.3 Å². The fourth-order valence-electron chi connectivity index (χ4n) is 2.02. The molecule has 1 N–H and O–H groups in total. The highest BCUT2D eigenvalue weighted by molar-refractivity contribution is 5.67. The van der Waals surface area contributed by atoms with E-state index in [4.69, 9.17) is 0 Å². The predicted octanol–water partition coefficient (Wildman–Crippen LogP) is 2.93. The van der Waals surface area contributed by atoms with Crippen LogP contribution in [0.15, 0.2) is 36.7 Å². The monoisotopic (exact) mass is 274 g/mol. The number of hydrogen-bond acceptors (Lipinski definition) is 3. The van der Waals surface area contributed by atoms with E-state index in [0.29, 0.717) is 17.9 Å². The Labute approximate surface area is 114 Å². The van der Waals surface area contributed by atoms with Gasteiger partial charge in [-0.05, 0) is 30.7 Å². The molecule has 0 saturated heterocycles. The number of rotatable bonds is 3. The number of benzene rings is 1. The van der Waals surface area contributed by atoms with Crippen molar-refractivity contribution in [1.82, 2.24) is 14.6 Å². The van der Waals surface area contributed by atoms with E-state index in [1.165, 1.54) is 12.1 Å². The Morgan fingerprint density at radius 3 is 2.85 bits per heavy atom. The predicted molar refractivity (Wildman–Crippen MR) is 71.4 cm³/mol. The highest BCUT2D eigenvalue weighted by atomic mass is 19.2. The van der Waals surface area contributed by atoms with Crippen LogP contribution in [0.2, 0.25) is 0 Å². The Bertz CT molecular complexity index is 767. The molecule has 2 aromatic heterocycles. The summed E-state index contributed by atoms with van der Waals surface area (Å²) >= 11 is 0. The summed E-state index contributed by atoms with van der Waals surface area (Å²) in [5.41, 5.74) is 2.37. The molecule has 0 aliphatic carbocycles. The summed E-state index contributed by atoms with van der Waals surface area (Å²) in [6.07, 6.45) is 3.39. The number of fused-ring (bicyclic) bond motifs is 1. The van der Waals surface area contributed by atoms with E-state index in [9.17, 15) is 8.78 Å². The van der Waals surface area contributed by atoms with Crippen LogP contribution in [-0.4, -0.2) is 14.6 Å². The highest BCUT2D eigenvalue weighted by Crippen LogP contribution is 2.16. The van der Waals surface area contributed by atoms with E-state index < -0.39 is 11.6 Å². The zero-order valence-electron chi connectivity index (χ0n) is 10.8. The third kappa shape index (κ3) is 2.32. The van der Waals surface area contributed by atoms with Gasteiger partial charge in [-0.1, -0.05) is 6.07 Å². The summed E-state index contributed by atoms with van der Waals surface area (Å²) in [6, 6.07) is 5.72. The van der Waals surface area contributed by atoms with Gasteiger partial charge in [0.05, 0.1) is 5.69 Å². The van der Waals surface area contributed by atoms with Gasteiger partial charge in [-0.15, -0.1) is 0 Å². The molecule has 102 valence electrons. The fourth-order valence-corrected chi connectivity index (χ4v) is 2.02. The minimum Gasteiger partial charge on any atom is -0.364 e. The molecule has 0 unspecified atom stereocenters. The minimum atomic E-state index is -0.851. The normalized spacial score (nSPS) is 10.9. The molecule has 3 rings (SSSR count). The summed E-state index contributed by atoms with van der Waals surface area (Å²) in [5, 5.41) is 7.38.